The van der Waals surface area contributed by atoms with Crippen molar-refractivity contribution >= 4 is 44.8 Å². The van der Waals surface area contributed by atoms with E-state index in [1.807, 2.05) is 60.8 Å². The van der Waals surface area contributed by atoms with Crippen LogP contribution in [0.4, 0.5) is 17.1 Å². The summed E-state index contributed by atoms with van der Waals surface area (Å²) in [6.07, 6.45) is 7.51. The predicted molar refractivity (Wildman–Crippen MR) is 181 cm³/mol. The molecule has 2 aliphatic rings. The van der Waals surface area contributed by atoms with E-state index in [9.17, 15) is 15.3 Å². The number of nitriles is 2. The van der Waals surface area contributed by atoms with Crippen molar-refractivity contribution < 1.29 is 14.3 Å². The molecule has 0 radical (unpaired) electrons. The first kappa shape index (κ1) is 30.0. The highest BCUT2D eigenvalue weighted by atomic mass is 16.5. The molecule has 2 saturated heterocycles. The van der Waals surface area contributed by atoms with Gasteiger partial charge in [0.2, 0.25) is 5.91 Å². The Bertz CT molecular complexity index is 2090. The van der Waals surface area contributed by atoms with Gasteiger partial charge < -0.3 is 30.0 Å². The number of anilines is 3. The van der Waals surface area contributed by atoms with Gasteiger partial charge in [0.1, 0.15) is 23.6 Å². The summed E-state index contributed by atoms with van der Waals surface area (Å²) in [5.74, 6) is 0.271. The van der Waals surface area contributed by atoms with Crippen molar-refractivity contribution in [3.8, 4) is 17.9 Å². The number of benzene rings is 3. The number of pyridine rings is 1. The van der Waals surface area contributed by atoms with Gasteiger partial charge in [-0.2, -0.15) is 10.5 Å². The second kappa shape index (κ2) is 13.4. The fourth-order valence-electron chi connectivity index (χ4n) is 6.20. The van der Waals surface area contributed by atoms with E-state index in [0.29, 0.717) is 58.9 Å². The molecule has 4 heterocycles. The van der Waals surface area contributed by atoms with Crippen molar-refractivity contribution in [2.24, 2.45) is 0 Å². The minimum atomic E-state index is -0.239. The predicted octanol–water partition coefficient (Wildman–Crippen LogP) is 6.14. The number of piperidine rings is 1. The maximum atomic E-state index is 13.3. The molecule has 5 aromatic rings. The molecule has 0 bridgehead atoms. The third kappa shape index (κ3) is 6.52. The first-order valence-corrected chi connectivity index (χ1v) is 15.7. The molecule has 1 amide bonds. The summed E-state index contributed by atoms with van der Waals surface area (Å²) in [5.41, 5.74) is 6.57. The average molecular weight is 624 g/mol. The molecule has 7 rings (SSSR count). The standard InChI is InChI=1S/C37H33N7O3/c38-19-25-2-1-3-26(16-25)22-44-14-10-27-18-29(4-6-32(27)44)42-35-28(20-39)21-41-36-31(35)5-7-33(47-30-11-15-46-23-30)37(36)43-34(45)17-24-8-12-40-13-9-24/h1-7,10,14,16-18,21,30,40H,8-9,11-13,15,22-23H2,(H,41,42)(H,43,45). The topological polar surface area (TPSA) is 137 Å². The number of ether oxygens (including phenoxy) is 2. The lowest BCUT2D eigenvalue weighted by Gasteiger charge is -2.20. The number of hydrogen-bond acceptors (Lipinski definition) is 8. The zero-order valence-corrected chi connectivity index (χ0v) is 25.8. The first-order chi connectivity index (χ1) is 23.1. The number of fused-ring (bicyclic) bond motifs is 2. The van der Waals surface area contributed by atoms with Crippen LogP contribution in [0.5, 0.6) is 5.75 Å². The summed E-state index contributed by atoms with van der Waals surface area (Å²) in [5, 5.41) is 30.9. The molecular formula is C37H33N7O3. The van der Waals surface area contributed by atoms with E-state index in [-0.39, 0.29) is 12.0 Å². The van der Waals surface area contributed by atoms with Crippen molar-refractivity contribution in [2.75, 3.05) is 36.9 Å². The summed E-state index contributed by atoms with van der Waals surface area (Å²) >= 11 is 0. The van der Waals surface area contributed by atoms with Gasteiger partial charge in [0.15, 0.2) is 0 Å². The van der Waals surface area contributed by atoms with Crippen LogP contribution in [0.1, 0.15) is 36.0 Å². The van der Waals surface area contributed by atoms with Crippen LogP contribution in [-0.2, 0) is 16.1 Å². The van der Waals surface area contributed by atoms with Gasteiger partial charge in [-0.3, -0.25) is 9.78 Å². The van der Waals surface area contributed by atoms with Gasteiger partial charge in [0.05, 0.1) is 41.6 Å². The monoisotopic (exact) mass is 623 g/mol. The van der Waals surface area contributed by atoms with E-state index in [1.165, 1.54) is 6.20 Å². The Morgan fingerprint density at radius 1 is 1.09 bits per heavy atom. The van der Waals surface area contributed by atoms with Gasteiger partial charge in [0.25, 0.3) is 0 Å². The number of nitrogens with zero attached hydrogens (tertiary/aromatic N) is 4. The lowest BCUT2D eigenvalue weighted by atomic mass is 10.0. The normalized spacial score (nSPS) is 16.0. The van der Waals surface area contributed by atoms with Crippen LogP contribution in [0.15, 0.2) is 84.7 Å². The highest BCUT2D eigenvalue weighted by Gasteiger charge is 2.23. The van der Waals surface area contributed by atoms with Gasteiger partial charge in [-0.15, -0.1) is 0 Å². The van der Waals surface area contributed by atoms with Crippen LogP contribution in [0.3, 0.4) is 0 Å². The molecule has 0 aliphatic carbocycles. The second-order valence-electron chi connectivity index (χ2n) is 11.8. The van der Waals surface area contributed by atoms with Crippen molar-refractivity contribution in [1.29, 1.82) is 10.5 Å². The molecule has 234 valence electrons. The number of nitrogens with one attached hydrogen (secondary N) is 3. The van der Waals surface area contributed by atoms with Crippen molar-refractivity contribution in [1.82, 2.24) is 14.9 Å². The Morgan fingerprint density at radius 2 is 1.98 bits per heavy atom. The summed E-state index contributed by atoms with van der Waals surface area (Å²) < 4.78 is 14.0. The number of aromatic nitrogens is 2. The number of carbonyl (C=O) groups excluding carboxylic acids is 1. The third-order valence-electron chi connectivity index (χ3n) is 8.58. The molecule has 1 atom stereocenters. The van der Waals surface area contributed by atoms with Crippen molar-refractivity contribution in [2.45, 2.75) is 31.9 Å². The highest BCUT2D eigenvalue weighted by Crippen LogP contribution is 2.39. The summed E-state index contributed by atoms with van der Waals surface area (Å²) in [4.78, 5) is 17.9. The fourth-order valence-corrected chi connectivity index (χ4v) is 6.20. The average Bonchev–Trinajstić information content (AvgIpc) is 3.76. The van der Waals surface area contributed by atoms with E-state index in [2.05, 4.69) is 37.6 Å². The zero-order chi connectivity index (χ0) is 32.2. The van der Waals surface area contributed by atoms with E-state index in [0.717, 1.165) is 60.1 Å². The van der Waals surface area contributed by atoms with Crippen LogP contribution in [0.25, 0.3) is 21.8 Å². The number of rotatable bonds is 8. The minimum absolute atomic E-state index is 0.129. The summed E-state index contributed by atoms with van der Waals surface area (Å²) in [6, 6.07) is 23.9. The van der Waals surface area contributed by atoms with Gasteiger partial charge >= 0.3 is 0 Å². The van der Waals surface area contributed by atoms with Crippen LogP contribution in [0.2, 0.25) is 0 Å². The molecule has 47 heavy (non-hydrogen) atoms. The maximum Gasteiger partial charge on any atom is 0.248 e. The molecule has 0 spiro atoms. The highest BCUT2D eigenvalue weighted by molar-refractivity contribution is 6.10. The quantitative estimate of drug-likeness (QED) is 0.175. The molecule has 3 N–H and O–H groups in total. The molecule has 2 aromatic heterocycles. The van der Waals surface area contributed by atoms with Crippen LogP contribution >= 0.6 is 0 Å². The van der Waals surface area contributed by atoms with Gasteiger partial charge in [-0.25, -0.2) is 0 Å². The molecule has 0 saturated carbocycles. The second-order valence-corrected chi connectivity index (χ2v) is 11.8. The zero-order valence-electron chi connectivity index (χ0n) is 25.8. The number of hydrogen-bond donors (Lipinski definition) is 3. The van der Waals surface area contributed by atoms with Gasteiger partial charge in [-0.05, 0) is 80.0 Å². The lowest BCUT2D eigenvalue weighted by Crippen LogP contribution is -2.24. The molecule has 2 aliphatic heterocycles. The smallest absolute Gasteiger partial charge is 0.248 e. The Morgan fingerprint density at radius 3 is 2.79 bits per heavy atom. The van der Waals surface area contributed by atoms with Crippen molar-refractivity contribution in [3.05, 3.63) is 101 Å². The summed E-state index contributed by atoms with van der Waals surface area (Å²) in [7, 11) is 0. The molecule has 10 nitrogen and oxygen atoms in total. The van der Waals surface area contributed by atoms with Crippen LogP contribution in [0, 0.1) is 22.7 Å². The number of carbonyl (C=O) groups is 1. The van der Waals surface area contributed by atoms with E-state index in [1.54, 1.807) is 12.1 Å². The third-order valence-corrected chi connectivity index (χ3v) is 8.58. The Balaban J connectivity index is 1.23. The Hall–Kier alpha value is -5.68. The first-order valence-electron chi connectivity index (χ1n) is 15.7. The van der Waals surface area contributed by atoms with Crippen LogP contribution < -0.4 is 20.7 Å². The van der Waals surface area contributed by atoms with Crippen LogP contribution in [-0.4, -0.2) is 47.9 Å². The summed E-state index contributed by atoms with van der Waals surface area (Å²) in [6.45, 7) is 3.44. The number of amides is 1. The SMILES string of the molecule is N#Cc1cccc(Cn2ccc3cc(Nc4c(C#N)cnc5c(NC(=O)C=C6CCNCC6)c(OC6CCOC6)ccc45)ccc32)c1. The molecular weight excluding hydrogens is 590 g/mol. The largest absolute Gasteiger partial charge is 0.486 e. The van der Waals surface area contributed by atoms with E-state index < -0.39 is 0 Å². The molecule has 1 unspecified atom stereocenters. The molecule has 3 aromatic carbocycles. The van der Waals surface area contributed by atoms with Gasteiger partial charge in [0, 0.05) is 53.4 Å². The molecule has 2 fully saturated rings. The fraction of sp³-hybridized carbons (Fsp3) is 0.243. The Labute approximate surface area is 272 Å². The minimum Gasteiger partial charge on any atom is -0.486 e. The van der Waals surface area contributed by atoms with E-state index >= 15 is 0 Å². The Kier molecular flexibility index (Phi) is 8.52. The van der Waals surface area contributed by atoms with Gasteiger partial charge in [-0.1, -0.05) is 17.7 Å². The van der Waals surface area contributed by atoms with Crippen molar-refractivity contribution in [3.63, 3.8) is 0 Å². The van der Waals surface area contributed by atoms with E-state index in [4.69, 9.17) is 9.47 Å². The lowest BCUT2D eigenvalue weighted by molar-refractivity contribution is -0.112. The molecule has 10 heteroatoms. The maximum absolute atomic E-state index is 13.3.